The third-order valence-electron chi connectivity index (χ3n) is 4.59. The summed E-state index contributed by atoms with van der Waals surface area (Å²) in [6.45, 7) is 1.31. The summed E-state index contributed by atoms with van der Waals surface area (Å²) >= 11 is 0. The van der Waals surface area contributed by atoms with Crippen LogP contribution in [0.15, 0.2) is 48.7 Å². The Labute approximate surface area is 165 Å². The fraction of sp³-hybridized carbons (Fsp3) is 0.350. The molecule has 0 radical (unpaired) electrons. The summed E-state index contributed by atoms with van der Waals surface area (Å²) < 4.78 is 43.0. The lowest BCUT2D eigenvalue weighted by molar-refractivity contribution is -0.140. The van der Waals surface area contributed by atoms with Crippen molar-refractivity contribution in [2.24, 2.45) is 0 Å². The molecule has 2 aromatic rings. The largest absolute Gasteiger partial charge is 0.484 e. The van der Waals surface area contributed by atoms with Gasteiger partial charge in [-0.05, 0) is 36.4 Å². The van der Waals surface area contributed by atoms with Crippen molar-refractivity contribution < 1.29 is 27.5 Å². The van der Waals surface area contributed by atoms with Gasteiger partial charge in [0.2, 0.25) is 5.91 Å². The number of amides is 2. The molecule has 0 unspecified atom stereocenters. The van der Waals surface area contributed by atoms with E-state index in [0.29, 0.717) is 31.9 Å². The van der Waals surface area contributed by atoms with Crippen molar-refractivity contribution in [2.75, 3.05) is 32.8 Å². The lowest BCUT2D eigenvalue weighted by atomic mass is 10.2. The Hall–Kier alpha value is -3.10. The van der Waals surface area contributed by atoms with Crippen molar-refractivity contribution in [3.8, 4) is 5.75 Å². The molecule has 0 aliphatic carbocycles. The number of hydrogen-bond donors (Lipinski definition) is 0. The second kappa shape index (κ2) is 8.93. The van der Waals surface area contributed by atoms with Crippen LogP contribution in [0.5, 0.6) is 5.75 Å². The Kier molecular flexibility index (Phi) is 6.36. The standard InChI is InChI=1S/C20H20F3N3O3/c21-20(22,23)15-4-6-17(7-5-15)29-14-19(28)26-11-9-25(10-12-26)18(27)13-16-3-1-2-8-24-16/h1-8H,9-14H2. The van der Waals surface area contributed by atoms with E-state index in [1.165, 1.54) is 12.1 Å². The molecule has 0 N–H and O–H groups in total. The summed E-state index contributed by atoms with van der Waals surface area (Å²) in [5.74, 6) is -0.131. The van der Waals surface area contributed by atoms with Crippen LogP contribution in [0.4, 0.5) is 13.2 Å². The van der Waals surface area contributed by atoms with E-state index in [1.807, 2.05) is 6.07 Å². The summed E-state index contributed by atoms with van der Waals surface area (Å²) in [7, 11) is 0. The number of carbonyl (C=O) groups is 2. The first-order chi connectivity index (χ1) is 13.8. The highest BCUT2D eigenvalue weighted by molar-refractivity contribution is 5.80. The number of piperazine rings is 1. The number of pyridine rings is 1. The predicted octanol–water partition coefficient (Wildman–Crippen LogP) is 2.39. The fourth-order valence-electron chi connectivity index (χ4n) is 2.95. The second-order valence-corrected chi connectivity index (χ2v) is 6.57. The van der Waals surface area contributed by atoms with E-state index in [9.17, 15) is 22.8 Å². The van der Waals surface area contributed by atoms with Crippen LogP contribution in [-0.4, -0.2) is 59.4 Å². The molecule has 1 saturated heterocycles. The first-order valence-electron chi connectivity index (χ1n) is 9.08. The molecule has 1 aromatic heterocycles. The van der Waals surface area contributed by atoms with Crippen LogP contribution in [0, 0.1) is 0 Å². The molecular weight excluding hydrogens is 387 g/mol. The normalized spacial score (nSPS) is 14.6. The van der Waals surface area contributed by atoms with Crippen LogP contribution >= 0.6 is 0 Å². The number of rotatable bonds is 5. The monoisotopic (exact) mass is 407 g/mol. The van der Waals surface area contributed by atoms with Crippen molar-refractivity contribution in [2.45, 2.75) is 12.6 Å². The molecule has 29 heavy (non-hydrogen) atoms. The van der Waals surface area contributed by atoms with Crippen LogP contribution in [0.3, 0.4) is 0 Å². The van der Waals surface area contributed by atoms with Crippen LogP contribution in [0.2, 0.25) is 0 Å². The average molecular weight is 407 g/mol. The highest BCUT2D eigenvalue weighted by Gasteiger charge is 2.30. The molecule has 2 amide bonds. The first kappa shape index (κ1) is 20.6. The number of carbonyl (C=O) groups excluding carboxylic acids is 2. The maximum Gasteiger partial charge on any atom is 0.416 e. The van der Waals surface area contributed by atoms with Crippen LogP contribution < -0.4 is 4.74 Å². The van der Waals surface area contributed by atoms with E-state index in [1.54, 1.807) is 28.1 Å². The van der Waals surface area contributed by atoms with Gasteiger partial charge in [-0.3, -0.25) is 14.6 Å². The molecule has 1 aliphatic rings. The van der Waals surface area contributed by atoms with Crippen LogP contribution in [-0.2, 0) is 22.2 Å². The summed E-state index contributed by atoms with van der Waals surface area (Å²) in [6.07, 6.45) is -2.57. The van der Waals surface area contributed by atoms with Gasteiger partial charge in [0.05, 0.1) is 12.0 Å². The van der Waals surface area contributed by atoms with Gasteiger partial charge in [-0.15, -0.1) is 0 Å². The van der Waals surface area contributed by atoms with Gasteiger partial charge in [0.1, 0.15) is 5.75 Å². The van der Waals surface area contributed by atoms with E-state index in [-0.39, 0.29) is 30.6 Å². The molecule has 1 fully saturated rings. The van der Waals surface area contributed by atoms with Crippen molar-refractivity contribution in [1.82, 2.24) is 14.8 Å². The first-order valence-corrected chi connectivity index (χ1v) is 9.08. The van der Waals surface area contributed by atoms with E-state index in [0.717, 1.165) is 12.1 Å². The minimum Gasteiger partial charge on any atom is -0.484 e. The summed E-state index contributed by atoms with van der Waals surface area (Å²) in [5.41, 5.74) is -0.0800. The molecule has 0 spiro atoms. The van der Waals surface area contributed by atoms with Gasteiger partial charge in [0, 0.05) is 38.1 Å². The quantitative estimate of drug-likeness (QED) is 0.764. The third kappa shape index (κ3) is 5.69. The van der Waals surface area contributed by atoms with Gasteiger partial charge < -0.3 is 14.5 Å². The molecule has 6 nitrogen and oxygen atoms in total. The summed E-state index contributed by atoms with van der Waals surface area (Å²) in [4.78, 5) is 32.0. The lowest BCUT2D eigenvalue weighted by Crippen LogP contribution is -2.52. The average Bonchev–Trinajstić information content (AvgIpc) is 2.72. The van der Waals surface area contributed by atoms with Gasteiger partial charge in [0.15, 0.2) is 6.61 Å². The zero-order chi connectivity index (χ0) is 20.9. The number of nitrogens with zero attached hydrogens (tertiary/aromatic N) is 3. The maximum atomic E-state index is 12.6. The number of ether oxygens (including phenoxy) is 1. The molecule has 1 aliphatic heterocycles. The second-order valence-electron chi connectivity index (χ2n) is 6.57. The van der Waals surface area contributed by atoms with E-state index < -0.39 is 11.7 Å². The molecular formula is C20H20F3N3O3. The molecule has 3 rings (SSSR count). The zero-order valence-corrected chi connectivity index (χ0v) is 15.6. The van der Waals surface area contributed by atoms with E-state index in [2.05, 4.69) is 4.98 Å². The minimum absolute atomic E-state index is 0.0446. The summed E-state index contributed by atoms with van der Waals surface area (Å²) in [5, 5.41) is 0. The molecule has 2 heterocycles. The number of halogens is 3. The smallest absolute Gasteiger partial charge is 0.416 e. The maximum absolute atomic E-state index is 12.6. The Morgan fingerprint density at radius 3 is 2.10 bits per heavy atom. The fourth-order valence-corrected chi connectivity index (χ4v) is 2.95. The number of aromatic nitrogens is 1. The van der Waals surface area contributed by atoms with Gasteiger partial charge in [-0.1, -0.05) is 6.07 Å². The van der Waals surface area contributed by atoms with Gasteiger partial charge in [-0.25, -0.2) is 0 Å². The SMILES string of the molecule is O=C(COc1ccc(C(F)(F)F)cc1)N1CCN(C(=O)Cc2ccccn2)CC1. The molecule has 9 heteroatoms. The zero-order valence-electron chi connectivity index (χ0n) is 15.6. The van der Waals surface area contributed by atoms with Crippen molar-refractivity contribution in [3.05, 3.63) is 59.9 Å². The topological polar surface area (TPSA) is 62.7 Å². The van der Waals surface area contributed by atoms with Gasteiger partial charge in [0.25, 0.3) is 5.91 Å². The van der Waals surface area contributed by atoms with Crippen molar-refractivity contribution in [3.63, 3.8) is 0 Å². The Morgan fingerprint density at radius 2 is 1.55 bits per heavy atom. The number of alkyl halides is 3. The van der Waals surface area contributed by atoms with Crippen LogP contribution in [0.1, 0.15) is 11.3 Å². The van der Waals surface area contributed by atoms with E-state index in [4.69, 9.17) is 4.74 Å². The lowest BCUT2D eigenvalue weighted by Gasteiger charge is -2.34. The van der Waals surface area contributed by atoms with Crippen LogP contribution in [0.25, 0.3) is 0 Å². The summed E-state index contributed by atoms with van der Waals surface area (Å²) in [6, 6.07) is 9.58. The van der Waals surface area contributed by atoms with Gasteiger partial charge in [-0.2, -0.15) is 13.2 Å². The Bertz CT molecular complexity index is 834. The third-order valence-corrected chi connectivity index (χ3v) is 4.59. The highest BCUT2D eigenvalue weighted by atomic mass is 19.4. The molecule has 1 aromatic carbocycles. The Morgan fingerprint density at radius 1 is 0.931 bits per heavy atom. The molecule has 0 atom stereocenters. The van der Waals surface area contributed by atoms with E-state index >= 15 is 0 Å². The van der Waals surface area contributed by atoms with Crippen molar-refractivity contribution >= 4 is 11.8 Å². The highest BCUT2D eigenvalue weighted by Crippen LogP contribution is 2.30. The molecule has 154 valence electrons. The Balaban J connectivity index is 1.43. The van der Waals surface area contributed by atoms with Gasteiger partial charge >= 0.3 is 6.18 Å². The predicted molar refractivity (Wildman–Crippen MR) is 98.0 cm³/mol. The van der Waals surface area contributed by atoms with Crippen molar-refractivity contribution in [1.29, 1.82) is 0 Å². The molecule has 0 saturated carbocycles. The number of benzene rings is 1. The minimum atomic E-state index is -4.41. The molecule has 0 bridgehead atoms. The number of hydrogen-bond acceptors (Lipinski definition) is 4.